The van der Waals surface area contributed by atoms with Crippen LogP contribution in [0, 0.1) is 5.92 Å². The number of hydrogen-bond acceptors (Lipinski definition) is 2. The SMILES string of the molecule is CCCN(C1CC1)S(=O)(=O)N1CCCC(CCl)C1. The van der Waals surface area contributed by atoms with Gasteiger partial charge in [-0.3, -0.25) is 0 Å². The van der Waals surface area contributed by atoms with Crippen LogP contribution in [0.5, 0.6) is 0 Å². The van der Waals surface area contributed by atoms with Crippen molar-refractivity contribution in [1.82, 2.24) is 8.61 Å². The minimum Gasteiger partial charge on any atom is -0.195 e. The molecule has 0 aromatic carbocycles. The Balaban J connectivity index is 2.08. The second-order valence-corrected chi connectivity index (χ2v) is 7.56. The van der Waals surface area contributed by atoms with Gasteiger partial charge in [-0.1, -0.05) is 6.92 Å². The average molecular weight is 295 g/mol. The van der Waals surface area contributed by atoms with Crippen molar-refractivity contribution in [3.63, 3.8) is 0 Å². The maximum Gasteiger partial charge on any atom is 0.282 e. The van der Waals surface area contributed by atoms with Crippen LogP contribution in [0.4, 0.5) is 0 Å². The molecule has 2 fully saturated rings. The normalized spacial score (nSPS) is 26.7. The van der Waals surface area contributed by atoms with Crippen molar-refractivity contribution in [3.8, 4) is 0 Å². The van der Waals surface area contributed by atoms with Crippen LogP contribution >= 0.6 is 11.6 Å². The quantitative estimate of drug-likeness (QED) is 0.704. The Kier molecular flexibility index (Phi) is 4.92. The molecule has 6 heteroatoms. The third kappa shape index (κ3) is 3.18. The molecule has 18 heavy (non-hydrogen) atoms. The van der Waals surface area contributed by atoms with Gasteiger partial charge in [-0.05, 0) is 38.0 Å². The second kappa shape index (κ2) is 6.07. The average Bonchev–Trinajstić information content (AvgIpc) is 3.20. The number of nitrogens with zero attached hydrogens (tertiary/aromatic N) is 2. The van der Waals surface area contributed by atoms with E-state index in [2.05, 4.69) is 0 Å². The van der Waals surface area contributed by atoms with Gasteiger partial charge < -0.3 is 0 Å². The number of rotatable bonds is 6. The first-order valence-electron chi connectivity index (χ1n) is 6.92. The molecule has 0 radical (unpaired) electrons. The van der Waals surface area contributed by atoms with E-state index in [0.29, 0.717) is 31.4 Å². The van der Waals surface area contributed by atoms with Gasteiger partial charge in [0.15, 0.2) is 0 Å². The molecule has 0 aromatic heterocycles. The van der Waals surface area contributed by atoms with Gasteiger partial charge in [0, 0.05) is 31.6 Å². The zero-order valence-corrected chi connectivity index (χ0v) is 12.6. The zero-order valence-electron chi connectivity index (χ0n) is 11.0. The smallest absolute Gasteiger partial charge is 0.195 e. The lowest BCUT2D eigenvalue weighted by atomic mass is 10.0. The molecule has 1 saturated heterocycles. The topological polar surface area (TPSA) is 40.6 Å². The number of alkyl halides is 1. The van der Waals surface area contributed by atoms with Crippen molar-refractivity contribution >= 4 is 21.8 Å². The maximum absolute atomic E-state index is 12.6. The van der Waals surface area contributed by atoms with E-state index in [4.69, 9.17) is 11.6 Å². The zero-order chi connectivity index (χ0) is 13.2. The number of halogens is 1. The first kappa shape index (κ1) is 14.6. The molecule has 1 saturated carbocycles. The van der Waals surface area contributed by atoms with E-state index < -0.39 is 10.2 Å². The molecule has 0 N–H and O–H groups in total. The molecule has 1 atom stereocenters. The highest BCUT2D eigenvalue weighted by atomic mass is 35.5. The molecular formula is C12H23ClN2O2S. The Morgan fingerprint density at radius 2 is 2.06 bits per heavy atom. The van der Waals surface area contributed by atoms with Gasteiger partial charge in [-0.2, -0.15) is 17.0 Å². The molecule has 2 rings (SSSR count). The summed E-state index contributed by atoms with van der Waals surface area (Å²) >= 11 is 5.88. The molecule has 2 aliphatic rings. The Morgan fingerprint density at radius 1 is 1.33 bits per heavy atom. The second-order valence-electron chi connectivity index (χ2n) is 5.37. The maximum atomic E-state index is 12.6. The minimum atomic E-state index is -3.26. The fourth-order valence-corrected chi connectivity index (χ4v) is 4.89. The van der Waals surface area contributed by atoms with Crippen LogP contribution in [0.2, 0.25) is 0 Å². The highest BCUT2D eigenvalue weighted by Crippen LogP contribution is 2.32. The first-order valence-corrected chi connectivity index (χ1v) is 8.85. The Hall–Kier alpha value is 0.160. The lowest BCUT2D eigenvalue weighted by Crippen LogP contribution is -2.49. The lowest BCUT2D eigenvalue weighted by Gasteiger charge is -2.35. The van der Waals surface area contributed by atoms with Crippen molar-refractivity contribution in [2.75, 3.05) is 25.5 Å². The molecule has 1 heterocycles. The van der Waals surface area contributed by atoms with Gasteiger partial charge in [0.25, 0.3) is 10.2 Å². The molecule has 106 valence electrons. The van der Waals surface area contributed by atoms with Crippen molar-refractivity contribution in [2.45, 2.75) is 45.1 Å². The van der Waals surface area contributed by atoms with E-state index in [9.17, 15) is 8.42 Å². The third-order valence-electron chi connectivity index (χ3n) is 3.72. The van der Waals surface area contributed by atoms with Gasteiger partial charge >= 0.3 is 0 Å². The van der Waals surface area contributed by atoms with Crippen molar-refractivity contribution < 1.29 is 8.42 Å². The van der Waals surface area contributed by atoms with Crippen LogP contribution in [0.25, 0.3) is 0 Å². The van der Waals surface area contributed by atoms with E-state index in [1.165, 1.54) is 0 Å². The van der Waals surface area contributed by atoms with E-state index in [1.54, 1.807) is 8.61 Å². The summed E-state index contributed by atoms with van der Waals surface area (Å²) in [4.78, 5) is 0. The Bertz CT molecular complexity index is 370. The summed E-state index contributed by atoms with van der Waals surface area (Å²) in [5.74, 6) is 0.876. The molecule has 4 nitrogen and oxygen atoms in total. The van der Waals surface area contributed by atoms with Crippen LogP contribution in [0.15, 0.2) is 0 Å². The molecule has 1 aliphatic carbocycles. The van der Waals surface area contributed by atoms with E-state index in [-0.39, 0.29) is 6.04 Å². The lowest BCUT2D eigenvalue weighted by molar-refractivity contribution is 0.257. The molecule has 0 amide bonds. The summed E-state index contributed by atoms with van der Waals surface area (Å²) in [7, 11) is -3.26. The van der Waals surface area contributed by atoms with Crippen LogP contribution in [-0.4, -0.2) is 48.6 Å². The number of piperidine rings is 1. The summed E-state index contributed by atoms with van der Waals surface area (Å²) in [6.45, 7) is 3.93. The van der Waals surface area contributed by atoms with Crippen molar-refractivity contribution in [1.29, 1.82) is 0 Å². The summed E-state index contributed by atoms with van der Waals surface area (Å²) in [6.07, 6.45) is 4.90. The monoisotopic (exact) mass is 294 g/mol. The highest BCUT2D eigenvalue weighted by Gasteiger charge is 2.40. The summed E-state index contributed by atoms with van der Waals surface area (Å²) in [5, 5.41) is 0. The summed E-state index contributed by atoms with van der Waals surface area (Å²) < 4.78 is 28.6. The highest BCUT2D eigenvalue weighted by molar-refractivity contribution is 7.86. The van der Waals surface area contributed by atoms with Crippen LogP contribution in [0.1, 0.15) is 39.0 Å². The van der Waals surface area contributed by atoms with Gasteiger partial charge in [-0.15, -0.1) is 11.6 Å². The predicted octanol–water partition coefficient (Wildman–Crippen LogP) is 2.06. The minimum absolute atomic E-state index is 0.256. The molecule has 0 bridgehead atoms. The van der Waals surface area contributed by atoms with E-state index >= 15 is 0 Å². The summed E-state index contributed by atoms with van der Waals surface area (Å²) in [5.41, 5.74) is 0. The predicted molar refractivity (Wildman–Crippen MR) is 74.0 cm³/mol. The third-order valence-corrected chi connectivity index (χ3v) is 6.21. The largest absolute Gasteiger partial charge is 0.282 e. The van der Waals surface area contributed by atoms with Gasteiger partial charge in [0.2, 0.25) is 0 Å². The summed E-state index contributed by atoms with van der Waals surface area (Å²) in [6, 6.07) is 0.256. The van der Waals surface area contributed by atoms with E-state index in [0.717, 1.165) is 32.1 Å². The van der Waals surface area contributed by atoms with Crippen molar-refractivity contribution in [2.24, 2.45) is 5.92 Å². The molecule has 1 unspecified atom stereocenters. The molecule has 1 aliphatic heterocycles. The fraction of sp³-hybridized carbons (Fsp3) is 1.00. The van der Waals surface area contributed by atoms with Crippen LogP contribution < -0.4 is 0 Å². The van der Waals surface area contributed by atoms with Crippen LogP contribution in [0.3, 0.4) is 0 Å². The standard InChI is InChI=1S/C12H23ClN2O2S/c1-2-7-15(12-5-6-12)18(16,17)14-8-3-4-11(9-13)10-14/h11-12H,2-10H2,1H3. The molecular weight excluding hydrogens is 272 g/mol. The molecule has 0 aromatic rings. The van der Waals surface area contributed by atoms with Gasteiger partial charge in [0.1, 0.15) is 0 Å². The van der Waals surface area contributed by atoms with Gasteiger partial charge in [-0.25, -0.2) is 0 Å². The van der Waals surface area contributed by atoms with Gasteiger partial charge in [0.05, 0.1) is 0 Å². The van der Waals surface area contributed by atoms with E-state index in [1.807, 2.05) is 6.92 Å². The Morgan fingerprint density at radius 3 is 2.61 bits per heavy atom. The van der Waals surface area contributed by atoms with Crippen LogP contribution in [-0.2, 0) is 10.2 Å². The first-order chi connectivity index (χ1) is 8.59. The van der Waals surface area contributed by atoms with Crippen molar-refractivity contribution in [3.05, 3.63) is 0 Å². The molecule has 0 spiro atoms. The number of hydrogen-bond donors (Lipinski definition) is 0. The Labute approximate surface area is 115 Å². The fourth-order valence-electron chi connectivity index (χ4n) is 2.58.